The van der Waals surface area contributed by atoms with E-state index in [4.69, 9.17) is 14.2 Å². The molecule has 0 unspecified atom stereocenters. The fraction of sp³-hybridized carbons (Fsp3) is 0.200. The maximum atomic E-state index is 12.9. The molecule has 0 fully saturated rings. The van der Waals surface area contributed by atoms with E-state index in [-0.39, 0.29) is 5.91 Å². The van der Waals surface area contributed by atoms with Crippen LogP contribution in [0.15, 0.2) is 54.9 Å². The molecule has 4 aromatic rings. The molecule has 32 heavy (non-hydrogen) atoms. The lowest BCUT2D eigenvalue weighted by Crippen LogP contribution is -2.12. The number of anilines is 1. The summed E-state index contributed by atoms with van der Waals surface area (Å²) < 4.78 is 18.1. The second-order valence-electron chi connectivity index (χ2n) is 7.48. The van der Waals surface area contributed by atoms with E-state index in [0.29, 0.717) is 28.5 Å². The van der Waals surface area contributed by atoms with Crippen LogP contribution in [0.25, 0.3) is 16.7 Å². The van der Waals surface area contributed by atoms with Crippen LogP contribution in [0.5, 0.6) is 17.2 Å². The Morgan fingerprint density at radius 1 is 0.906 bits per heavy atom. The normalized spacial score (nSPS) is 10.8. The minimum Gasteiger partial charge on any atom is -0.493 e. The molecule has 0 bridgehead atoms. The quantitative estimate of drug-likeness (QED) is 0.469. The van der Waals surface area contributed by atoms with Gasteiger partial charge in [0.2, 0.25) is 5.75 Å². The minimum atomic E-state index is -0.262. The number of fused-ring (bicyclic) bond motifs is 1. The fourth-order valence-electron chi connectivity index (χ4n) is 3.78. The molecule has 0 spiro atoms. The van der Waals surface area contributed by atoms with E-state index in [1.54, 1.807) is 30.6 Å². The topological polar surface area (TPSA) is 74.6 Å². The summed E-state index contributed by atoms with van der Waals surface area (Å²) in [5.41, 5.74) is 6.13. The van der Waals surface area contributed by atoms with E-state index in [2.05, 4.69) is 42.3 Å². The maximum Gasteiger partial charge on any atom is 0.255 e. The lowest BCUT2D eigenvalue weighted by Gasteiger charge is -2.14. The molecule has 7 nitrogen and oxygen atoms in total. The monoisotopic (exact) mass is 431 g/mol. The summed E-state index contributed by atoms with van der Waals surface area (Å²) in [7, 11) is 4.59. The first-order valence-electron chi connectivity index (χ1n) is 10.1. The number of nitrogens with one attached hydrogen (secondary N) is 1. The predicted molar refractivity (Wildman–Crippen MR) is 125 cm³/mol. The van der Waals surface area contributed by atoms with Gasteiger partial charge in [0.1, 0.15) is 6.33 Å². The maximum absolute atomic E-state index is 12.9. The molecule has 0 aliphatic carbocycles. The molecule has 164 valence electrons. The van der Waals surface area contributed by atoms with E-state index < -0.39 is 0 Å². The van der Waals surface area contributed by atoms with Crippen molar-refractivity contribution in [2.24, 2.45) is 0 Å². The number of imidazole rings is 1. The molecule has 1 aromatic heterocycles. The summed E-state index contributed by atoms with van der Waals surface area (Å²) in [6.07, 6.45) is 1.78. The Kier molecular flexibility index (Phi) is 5.73. The van der Waals surface area contributed by atoms with Crippen molar-refractivity contribution in [3.05, 3.63) is 71.5 Å². The number of carbonyl (C=O) groups excluding carboxylic acids is 1. The zero-order chi connectivity index (χ0) is 22.8. The molecule has 1 amide bonds. The van der Waals surface area contributed by atoms with Gasteiger partial charge in [0.25, 0.3) is 5.91 Å². The van der Waals surface area contributed by atoms with Crippen LogP contribution in [-0.4, -0.2) is 36.8 Å². The van der Waals surface area contributed by atoms with Crippen molar-refractivity contribution in [1.82, 2.24) is 9.55 Å². The number of rotatable bonds is 6. The van der Waals surface area contributed by atoms with E-state index in [1.165, 1.54) is 26.9 Å². The van der Waals surface area contributed by atoms with Crippen molar-refractivity contribution in [1.29, 1.82) is 0 Å². The minimum absolute atomic E-state index is 0.262. The summed E-state index contributed by atoms with van der Waals surface area (Å²) in [4.78, 5) is 17.4. The van der Waals surface area contributed by atoms with E-state index >= 15 is 0 Å². The fourth-order valence-corrected chi connectivity index (χ4v) is 3.78. The third kappa shape index (κ3) is 3.85. The molecule has 7 heteroatoms. The number of aromatic nitrogens is 2. The van der Waals surface area contributed by atoms with Gasteiger partial charge in [-0.15, -0.1) is 0 Å². The number of nitrogens with zero attached hydrogens (tertiary/aromatic N) is 2. The highest BCUT2D eigenvalue weighted by molar-refractivity contribution is 6.06. The standard InChI is InChI=1S/C25H25N3O4/c1-15-6-8-20(16(2)10-15)28-14-26-19-11-17(7-9-21(19)28)25(29)27-18-12-22(30-3)24(32-5)23(13-18)31-4/h6-14H,1-5H3,(H,27,29). The third-order valence-corrected chi connectivity index (χ3v) is 5.34. The van der Waals surface area contributed by atoms with E-state index in [0.717, 1.165) is 22.3 Å². The average molecular weight is 431 g/mol. The molecule has 0 atom stereocenters. The zero-order valence-electron chi connectivity index (χ0n) is 18.7. The van der Waals surface area contributed by atoms with Crippen molar-refractivity contribution >= 4 is 22.6 Å². The molecule has 3 aromatic carbocycles. The highest BCUT2D eigenvalue weighted by atomic mass is 16.5. The van der Waals surface area contributed by atoms with Crippen molar-refractivity contribution < 1.29 is 19.0 Å². The van der Waals surface area contributed by atoms with Crippen LogP contribution in [0.2, 0.25) is 0 Å². The van der Waals surface area contributed by atoms with Crippen molar-refractivity contribution in [3.63, 3.8) is 0 Å². The molecule has 0 radical (unpaired) electrons. The van der Waals surface area contributed by atoms with Gasteiger partial charge in [0, 0.05) is 23.4 Å². The lowest BCUT2D eigenvalue weighted by atomic mass is 10.1. The van der Waals surface area contributed by atoms with Gasteiger partial charge in [-0.05, 0) is 43.7 Å². The molecule has 0 saturated heterocycles. The van der Waals surface area contributed by atoms with Gasteiger partial charge < -0.3 is 19.5 Å². The number of benzene rings is 3. The van der Waals surface area contributed by atoms with Crippen LogP contribution in [0, 0.1) is 13.8 Å². The van der Waals surface area contributed by atoms with Gasteiger partial charge in [-0.1, -0.05) is 17.7 Å². The molecule has 1 N–H and O–H groups in total. The molecule has 0 aliphatic rings. The zero-order valence-corrected chi connectivity index (χ0v) is 18.7. The lowest BCUT2D eigenvalue weighted by molar-refractivity contribution is 0.102. The van der Waals surface area contributed by atoms with Crippen LogP contribution >= 0.6 is 0 Å². The number of carbonyl (C=O) groups is 1. The van der Waals surface area contributed by atoms with Gasteiger partial charge in [-0.3, -0.25) is 9.36 Å². The third-order valence-electron chi connectivity index (χ3n) is 5.34. The molecule has 0 saturated carbocycles. The van der Waals surface area contributed by atoms with Gasteiger partial charge in [-0.25, -0.2) is 4.98 Å². The van der Waals surface area contributed by atoms with E-state index in [9.17, 15) is 4.79 Å². The van der Waals surface area contributed by atoms with Crippen LogP contribution in [-0.2, 0) is 0 Å². The number of hydrogen-bond acceptors (Lipinski definition) is 5. The average Bonchev–Trinajstić information content (AvgIpc) is 3.21. The second kappa shape index (κ2) is 8.63. The largest absolute Gasteiger partial charge is 0.493 e. The Morgan fingerprint density at radius 3 is 2.25 bits per heavy atom. The first-order valence-corrected chi connectivity index (χ1v) is 10.1. The number of amides is 1. The Morgan fingerprint density at radius 2 is 1.62 bits per heavy atom. The second-order valence-corrected chi connectivity index (χ2v) is 7.48. The predicted octanol–water partition coefficient (Wildman–Crippen LogP) is 4.92. The number of ether oxygens (including phenoxy) is 3. The number of methoxy groups -OCH3 is 3. The number of hydrogen-bond donors (Lipinski definition) is 1. The molecule has 0 aliphatic heterocycles. The summed E-state index contributed by atoms with van der Waals surface area (Å²) in [6, 6.07) is 15.1. The van der Waals surface area contributed by atoms with Gasteiger partial charge in [-0.2, -0.15) is 0 Å². The Hall–Kier alpha value is -4.00. The molecular formula is C25H25N3O4. The summed E-state index contributed by atoms with van der Waals surface area (Å²) >= 11 is 0. The Bertz CT molecular complexity index is 1290. The van der Waals surface area contributed by atoms with E-state index in [1.807, 2.05) is 10.6 Å². The Labute approximate surface area is 186 Å². The summed E-state index contributed by atoms with van der Waals surface area (Å²) in [5.74, 6) is 1.13. The van der Waals surface area contributed by atoms with Crippen LogP contribution in [0.3, 0.4) is 0 Å². The van der Waals surface area contributed by atoms with Crippen LogP contribution in [0.1, 0.15) is 21.5 Å². The van der Waals surface area contributed by atoms with Crippen molar-refractivity contribution in [2.75, 3.05) is 26.6 Å². The summed E-state index contributed by atoms with van der Waals surface area (Å²) in [5, 5.41) is 2.89. The highest BCUT2D eigenvalue weighted by Crippen LogP contribution is 2.40. The van der Waals surface area contributed by atoms with Crippen molar-refractivity contribution in [3.8, 4) is 22.9 Å². The smallest absolute Gasteiger partial charge is 0.255 e. The van der Waals surface area contributed by atoms with Gasteiger partial charge in [0.05, 0.1) is 38.1 Å². The molecule has 1 heterocycles. The molecular weight excluding hydrogens is 406 g/mol. The first-order chi connectivity index (χ1) is 15.4. The first kappa shape index (κ1) is 21.2. The molecule has 4 rings (SSSR count). The van der Waals surface area contributed by atoms with Crippen LogP contribution < -0.4 is 19.5 Å². The highest BCUT2D eigenvalue weighted by Gasteiger charge is 2.16. The van der Waals surface area contributed by atoms with Crippen molar-refractivity contribution in [2.45, 2.75) is 13.8 Å². The SMILES string of the molecule is COc1cc(NC(=O)c2ccc3c(c2)ncn3-c2ccc(C)cc2C)cc(OC)c1OC. The van der Waals surface area contributed by atoms with Gasteiger partial charge >= 0.3 is 0 Å². The van der Waals surface area contributed by atoms with Gasteiger partial charge in [0.15, 0.2) is 11.5 Å². The Balaban J connectivity index is 1.64. The van der Waals surface area contributed by atoms with Crippen LogP contribution in [0.4, 0.5) is 5.69 Å². The summed E-state index contributed by atoms with van der Waals surface area (Å²) in [6.45, 7) is 4.15. The number of aryl methyl sites for hydroxylation is 2.